The van der Waals surface area contributed by atoms with E-state index in [1.54, 1.807) is 19.0 Å². The number of likely N-dealkylation sites (N-methyl/N-ethyl adjacent to an activating group) is 1. The third kappa shape index (κ3) is 3.18. The molecule has 1 aliphatic heterocycles. The third-order valence-corrected chi connectivity index (χ3v) is 3.45. The molecule has 0 N–H and O–H groups in total. The number of morpholine rings is 1. The van der Waals surface area contributed by atoms with E-state index in [2.05, 4.69) is 11.0 Å². The number of aromatic nitrogens is 1. The summed E-state index contributed by atoms with van der Waals surface area (Å²) in [4.78, 5) is 15.7. The van der Waals surface area contributed by atoms with Crippen LogP contribution in [0.2, 0.25) is 0 Å². The summed E-state index contributed by atoms with van der Waals surface area (Å²) < 4.78 is 7.35. The lowest BCUT2D eigenvalue weighted by Gasteiger charge is -2.33. The van der Waals surface area contributed by atoms with Crippen LogP contribution in [-0.4, -0.2) is 60.2 Å². The van der Waals surface area contributed by atoms with Crippen molar-refractivity contribution < 1.29 is 9.53 Å². The highest BCUT2D eigenvalue weighted by molar-refractivity contribution is 5.80. The Hall–Kier alpha value is -1.84. The summed E-state index contributed by atoms with van der Waals surface area (Å²) in [5.41, 5.74) is 1.73. The summed E-state index contributed by atoms with van der Waals surface area (Å²) in [6.07, 6.45) is 1.56. The van der Waals surface area contributed by atoms with Gasteiger partial charge in [0.1, 0.15) is 17.9 Å². The van der Waals surface area contributed by atoms with E-state index in [0.29, 0.717) is 18.8 Å². The molecule has 0 unspecified atom stereocenters. The number of aryl methyl sites for hydroxylation is 1. The molecule has 0 spiro atoms. The second-order valence-corrected chi connectivity index (χ2v) is 5.28. The number of carbonyl (C=O) groups excluding carboxylic acids is 1. The second kappa shape index (κ2) is 6.07. The molecule has 1 amide bonds. The Morgan fingerprint density at radius 3 is 2.95 bits per heavy atom. The largest absolute Gasteiger partial charge is 0.366 e. The van der Waals surface area contributed by atoms with Crippen LogP contribution >= 0.6 is 0 Å². The lowest BCUT2D eigenvalue weighted by molar-refractivity contribution is -0.147. The van der Waals surface area contributed by atoms with E-state index in [1.807, 2.05) is 23.9 Å². The summed E-state index contributed by atoms with van der Waals surface area (Å²) >= 11 is 0. The number of nitrogens with zero attached hydrogens (tertiary/aromatic N) is 4. The predicted octanol–water partition coefficient (Wildman–Crippen LogP) is 0.186. The molecule has 6 nitrogen and oxygen atoms in total. The normalized spacial score (nSPS) is 19.6. The molecular weight excluding hydrogens is 256 g/mol. The van der Waals surface area contributed by atoms with Crippen LogP contribution < -0.4 is 0 Å². The topological polar surface area (TPSA) is 61.5 Å². The molecule has 108 valence electrons. The average molecular weight is 276 g/mol. The summed E-state index contributed by atoms with van der Waals surface area (Å²) in [5, 5.41) is 8.96. The lowest BCUT2D eigenvalue weighted by atomic mass is 10.2. The van der Waals surface area contributed by atoms with Gasteiger partial charge in [-0.3, -0.25) is 9.69 Å². The van der Waals surface area contributed by atoms with Crippen molar-refractivity contribution in [2.45, 2.75) is 12.6 Å². The van der Waals surface area contributed by atoms with Crippen LogP contribution in [0.25, 0.3) is 0 Å². The van der Waals surface area contributed by atoms with Gasteiger partial charge < -0.3 is 14.2 Å². The van der Waals surface area contributed by atoms with Gasteiger partial charge in [0.25, 0.3) is 5.91 Å². The minimum atomic E-state index is -0.391. The summed E-state index contributed by atoms with van der Waals surface area (Å²) in [5.74, 6) is 0.000440. The fraction of sp³-hybridized carbons (Fsp3) is 0.571. The van der Waals surface area contributed by atoms with Crippen LogP contribution in [0.3, 0.4) is 0 Å². The molecule has 1 fully saturated rings. The van der Waals surface area contributed by atoms with Crippen LogP contribution in [-0.2, 0) is 23.1 Å². The van der Waals surface area contributed by atoms with E-state index in [0.717, 1.165) is 18.7 Å². The van der Waals surface area contributed by atoms with Crippen molar-refractivity contribution in [3.8, 4) is 6.07 Å². The molecule has 0 aromatic carbocycles. The van der Waals surface area contributed by atoms with Crippen LogP contribution in [0, 0.1) is 11.3 Å². The first-order valence-electron chi connectivity index (χ1n) is 6.61. The zero-order valence-electron chi connectivity index (χ0n) is 12.2. The van der Waals surface area contributed by atoms with Gasteiger partial charge >= 0.3 is 0 Å². The zero-order chi connectivity index (χ0) is 14.7. The zero-order valence-corrected chi connectivity index (χ0v) is 12.2. The van der Waals surface area contributed by atoms with Gasteiger partial charge in [0.05, 0.1) is 6.61 Å². The maximum Gasteiger partial charge on any atom is 0.252 e. The van der Waals surface area contributed by atoms with Gasteiger partial charge in [0.15, 0.2) is 0 Å². The predicted molar refractivity (Wildman–Crippen MR) is 73.8 cm³/mol. The minimum Gasteiger partial charge on any atom is -0.366 e. The number of ether oxygens (including phenoxy) is 1. The number of rotatable bonds is 3. The smallest absolute Gasteiger partial charge is 0.252 e. The first kappa shape index (κ1) is 14.6. The van der Waals surface area contributed by atoms with Gasteiger partial charge in [-0.05, 0) is 11.6 Å². The van der Waals surface area contributed by atoms with Crippen molar-refractivity contribution in [3.05, 3.63) is 23.5 Å². The van der Waals surface area contributed by atoms with E-state index in [1.165, 1.54) is 0 Å². The monoisotopic (exact) mass is 276 g/mol. The second-order valence-electron chi connectivity index (χ2n) is 5.28. The molecule has 1 aromatic rings. The van der Waals surface area contributed by atoms with Gasteiger partial charge in [-0.15, -0.1) is 0 Å². The van der Waals surface area contributed by atoms with Gasteiger partial charge in [-0.25, -0.2) is 0 Å². The van der Waals surface area contributed by atoms with Crippen LogP contribution in [0.1, 0.15) is 11.3 Å². The van der Waals surface area contributed by atoms with Crippen molar-refractivity contribution in [1.82, 2.24) is 14.4 Å². The van der Waals surface area contributed by atoms with Crippen LogP contribution in [0.4, 0.5) is 0 Å². The van der Waals surface area contributed by atoms with E-state index in [9.17, 15) is 4.79 Å². The Labute approximate surface area is 119 Å². The van der Waals surface area contributed by atoms with Gasteiger partial charge in [0.2, 0.25) is 0 Å². The Bertz CT molecular complexity index is 530. The highest BCUT2D eigenvalue weighted by Gasteiger charge is 2.27. The molecule has 2 heterocycles. The van der Waals surface area contributed by atoms with Crippen molar-refractivity contribution in [2.75, 3.05) is 33.8 Å². The summed E-state index contributed by atoms with van der Waals surface area (Å²) in [7, 11) is 5.34. The molecule has 6 heteroatoms. The molecular formula is C14H20N4O2. The number of hydrogen-bond acceptors (Lipinski definition) is 4. The Kier molecular flexibility index (Phi) is 4.42. The maximum absolute atomic E-state index is 11.9. The van der Waals surface area contributed by atoms with Crippen molar-refractivity contribution >= 4 is 5.91 Å². The minimum absolute atomic E-state index is 0.000440. The molecule has 1 aliphatic rings. The number of hydrogen-bond donors (Lipinski definition) is 0. The van der Waals surface area contributed by atoms with E-state index in [4.69, 9.17) is 10.00 Å². The SMILES string of the molecule is CN(C)C(=O)[C@@H]1CN(Cc2cc(C#N)n(C)c2)CCO1. The van der Waals surface area contributed by atoms with Crippen LogP contribution in [0.15, 0.2) is 12.3 Å². The fourth-order valence-electron chi connectivity index (χ4n) is 2.37. The molecule has 0 bridgehead atoms. The highest BCUT2D eigenvalue weighted by atomic mass is 16.5. The van der Waals surface area contributed by atoms with Crippen molar-refractivity contribution in [3.63, 3.8) is 0 Å². The summed E-state index contributed by atoms with van der Waals surface area (Å²) in [6, 6.07) is 4.04. The van der Waals surface area contributed by atoms with Crippen molar-refractivity contribution in [2.24, 2.45) is 7.05 Å². The molecule has 2 rings (SSSR count). The first-order valence-corrected chi connectivity index (χ1v) is 6.61. The Morgan fingerprint density at radius 1 is 1.60 bits per heavy atom. The maximum atomic E-state index is 11.9. The van der Waals surface area contributed by atoms with E-state index < -0.39 is 6.10 Å². The fourth-order valence-corrected chi connectivity index (χ4v) is 2.37. The van der Waals surface area contributed by atoms with Crippen LogP contribution in [0.5, 0.6) is 0 Å². The van der Waals surface area contributed by atoms with Gasteiger partial charge in [0, 0.05) is 47.0 Å². The lowest BCUT2D eigenvalue weighted by Crippen LogP contribution is -2.49. The van der Waals surface area contributed by atoms with Gasteiger partial charge in [-0.1, -0.05) is 0 Å². The number of carbonyl (C=O) groups is 1. The molecule has 1 saturated heterocycles. The standard InChI is InChI=1S/C14H20N4O2/c1-16(2)14(19)13-10-18(4-5-20-13)9-11-6-12(7-15)17(3)8-11/h6,8,13H,4-5,9-10H2,1-3H3/t13-/m0/s1. The quantitative estimate of drug-likeness (QED) is 0.790. The molecule has 1 atom stereocenters. The molecule has 0 aliphatic carbocycles. The Balaban J connectivity index is 1.99. The first-order chi connectivity index (χ1) is 9.51. The highest BCUT2D eigenvalue weighted by Crippen LogP contribution is 2.13. The number of amides is 1. The molecule has 0 radical (unpaired) electrons. The van der Waals surface area contributed by atoms with Gasteiger partial charge in [-0.2, -0.15) is 5.26 Å². The average Bonchev–Trinajstić information content (AvgIpc) is 2.78. The van der Waals surface area contributed by atoms with E-state index >= 15 is 0 Å². The number of nitriles is 1. The molecule has 1 aromatic heterocycles. The molecule has 0 saturated carbocycles. The third-order valence-electron chi connectivity index (χ3n) is 3.45. The Morgan fingerprint density at radius 2 is 2.35 bits per heavy atom. The van der Waals surface area contributed by atoms with Crippen molar-refractivity contribution in [1.29, 1.82) is 5.26 Å². The summed E-state index contributed by atoms with van der Waals surface area (Å²) in [6.45, 7) is 2.68. The molecule has 20 heavy (non-hydrogen) atoms. The van der Waals surface area contributed by atoms with E-state index in [-0.39, 0.29) is 5.91 Å².